The van der Waals surface area contributed by atoms with Gasteiger partial charge in [0.25, 0.3) is 0 Å². The molecule has 1 aliphatic rings. The molecule has 1 fully saturated rings. The lowest BCUT2D eigenvalue weighted by Crippen LogP contribution is -2.42. The van der Waals surface area contributed by atoms with Crippen molar-refractivity contribution < 1.29 is 17.9 Å². The molecule has 2 aromatic carbocycles. The topological polar surface area (TPSA) is 75.7 Å². The highest BCUT2D eigenvalue weighted by Crippen LogP contribution is 2.22. The summed E-state index contributed by atoms with van der Waals surface area (Å²) in [5.41, 5.74) is 2.02. The van der Waals surface area contributed by atoms with Gasteiger partial charge < -0.3 is 9.64 Å². The predicted molar refractivity (Wildman–Crippen MR) is 103 cm³/mol. The Hall–Kier alpha value is -2.22. The Labute approximate surface area is 160 Å². The van der Waals surface area contributed by atoms with E-state index < -0.39 is 10.0 Å². The zero-order valence-corrected chi connectivity index (χ0v) is 16.1. The van der Waals surface area contributed by atoms with Gasteiger partial charge in [0.05, 0.1) is 18.0 Å². The van der Waals surface area contributed by atoms with Crippen LogP contribution in [-0.4, -0.2) is 46.0 Å². The van der Waals surface area contributed by atoms with Crippen LogP contribution < -0.4 is 4.72 Å². The Bertz CT molecular complexity index is 867. The average Bonchev–Trinajstić information content (AvgIpc) is 2.73. The van der Waals surface area contributed by atoms with Crippen molar-refractivity contribution in [3.05, 3.63) is 65.7 Å². The number of amides is 1. The highest BCUT2D eigenvalue weighted by atomic mass is 32.2. The number of ether oxygens (including phenoxy) is 1. The first-order valence-electron chi connectivity index (χ1n) is 8.96. The molecule has 0 spiro atoms. The van der Waals surface area contributed by atoms with Crippen LogP contribution in [0.5, 0.6) is 0 Å². The SMILES string of the molecule is CNS(=O)(=O)c1ccc(CCC(=O)N2CCOC(c3ccccc3)C2)cc1. The second-order valence-corrected chi connectivity index (χ2v) is 8.35. The number of carbonyl (C=O) groups is 1. The molecule has 1 aliphatic heterocycles. The number of carbonyl (C=O) groups excluding carboxylic acids is 1. The van der Waals surface area contributed by atoms with E-state index in [0.717, 1.165) is 11.1 Å². The van der Waals surface area contributed by atoms with Crippen LogP contribution in [0, 0.1) is 0 Å². The van der Waals surface area contributed by atoms with Crippen molar-refractivity contribution in [3.8, 4) is 0 Å². The van der Waals surface area contributed by atoms with E-state index >= 15 is 0 Å². The van der Waals surface area contributed by atoms with Crippen LogP contribution >= 0.6 is 0 Å². The zero-order chi connectivity index (χ0) is 19.3. The van der Waals surface area contributed by atoms with Crippen LogP contribution in [0.1, 0.15) is 23.7 Å². The van der Waals surface area contributed by atoms with Crippen LogP contribution in [0.25, 0.3) is 0 Å². The fraction of sp³-hybridized carbons (Fsp3) is 0.350. The molecule has 1 atom stereocenters. The summed E-state index contributed by atoms with van der Waals surface area (Å²) in [5.74, 6) is 0.0890. The minimum absolute atomic E-state index is 0.0880. The second kappa shape index (κ2) is 8.65. The van der Waals surface area contributed by atoms with Gasteiger partial charge in [-0.05, 0) is 36.7 Å². The molecular weight excluding hydrogens is 364 g/mol. The summed E-state index contributed by atoms with van der Waals surface area (Å²) in [6.07, 6.45) is 0.876. The van der Waals surface area contributed by atoms with Gasteiger partial charge in [0.15, 0.2) is 0 Å². The Morgan fingerprint density at radius 1 is 1.15 bits per heavy atom. The summed E-state index contributed by atoms with van der Waals surface area (Å²) < 4.78 is 31.6. The number of sulfonamides is 1. The van der Waals surface area contributed by atoms with Crippen molar-refractivity contribution in [1.29, 1.82) is 0 Å². The van der Waals surface area contributed by atoms with Gasteiger partial charge in [-0.2, -0.15) is 0 Å². The van der Waals surface area contributed by atoms with Crippen LogP contribution in [0.3, 0.4) is 0 Å². The van der Waals surface area contributed by atoms with E-state index in [4.69, 9.17) is 4.74 Å². The number of nitrogens with zero attached hydrogens (tertiary/aromatic N) is 1. The molecule has 1 saturated heterocycles. The van der Waals surface area contributed by atoms with Crippen molar-refractivity contribution in [2.75, 3.05) is 26.7 Å². The van der Waals surface area contributed by atoms with Gasteiger partial charge in [-0.1, -0.05) is 42.5 Å². The molecule has 0 bridgehead atoms. The number of nitrogens with one attached hydrogen (secondary N) is 1. The molecule has 0 radical (unpaired) electrons. The summed E-state index contributed by atoms with van der Waals surface area (Å²) >= 11 is 0. The van der Waals surface area contributed by atoms with Crippen molar-refractivity contribution >= 4 is 15.9 Å². The minimum atomic E-state index is -3.43. The molecule has 0 aliphatic carbocycles. The molecule has 0 aromatic heterocycles. The largest absolute Gasteiger partial charge is 0.370 e. The van der Waals surface area contributed by atoms with Crippen molar-refractivity contribution in [3.63, 3.8) is 0 Å². The van der Waals surface area contributed by atoms with Gasteiger partial charge in [0, 0.05) is 13.0 Å². The molecule has 144 valence electrons. The Morgan fingerprint density at radius 3 is 2.52 bits per heavy atom. The van der Waals surface area contributed by atoms with E-state index in [1.54, 1.807) is 24.3 Å². The van der Waals surface area contributed by atoms with Gasteiger partial charge in [-0.25, -0.2) is 13.1 Å². The van der Waals surface area contributed by atoms with Crippen LogP contribution in [0.2, 0.25) is 0 Å². The molecule has 3 rings (SSSR count). The quantitative estimate of drug-likeness (QED) is 0.823. The van der Waals surface area contributed by atoms with Gasteiger partial charge in [-0.3, -0.25) is 4.79 Å². The molecule has 6 nitrogen and oxygen atoms in total. The van der Waals surface area contributed by atoms with E-state index in [1.165, 1.54) is 7.05 Å². The average molecular weight is 388 g/mol. The van der Waals surface area contributed by atoms with Gasteiger partial charge >= 0.3 is 0 Å². The standard InChI is InChI=1S/C20H24N2O4S/c1-21-27(24,25)18-10-7-16(8-11-18)9-12-20(23)22-13-14-26-19(15-22)17-5-3-2-4-6-17/h2-8,10-11,19,21H,9,12-15H2,1H3. The first-order chi connectivity index (χ1) is 13.0. The maximum absolute atomic E-state index is 12.6. The van der Waals surface area contributed by atoms with Crippen molar-refractivity contribution in [1.82, 2.24) is 9.62 Å². The van der Waals surface area contributed by atoms with E-state index in [2.05, 4.69) is 4.72 Å². The maximum Gasteiger partial charge on any atom is 0.240 e. The highest BCUT2D eigenvalue weighted by Gasteiger charge is 2.25. The Morgan fingerprint density at radius 2 is 1.85 bits per heavy atom. The Balaban J connectivity index is 1.56. The lowest BCUT2D eigenvalue weighted by Gasteiger charge is -2.33. The molecule has 0 saturated carbocycles. The second-order valence-electron chi connectivity index (χ2n) is 6.46. The van der Waals surface area contributed by atoms with Crippen molar-refractivity contribution in [2.24, 2.45) is 0 Å². The molecular formula is C20H24N2O4S. The normalized spacial score (nSPS) is 17.7. The first kappa shape index (κ1) is 19.5. The van der Waals surface area contributed by atoms with Gasteiger partial charge in [0.2, 0.25) is 15.9 Å². The van der Waals surface area contributed by atoms with E-state index in [1.807, 2.05) is 35.2 Å². The third-order valence-corrected chi connectivity index (χ3v) is 6.15. The molecule has 1 N–H and O–H groups in total. The molecule has 1 unspecified atom stereocenters. The molecule has 1 heterocycles. The fourth-order valence-electron chi connectivity index (χ4n) is 3.11. The number of hydrogen-bond donors (Lipinski definition) is 1. The summed E-state index contributed by atoms with van der Waals surface area (Å²) in [5, 5.41) is 0. The summed E-state index contributed by atoms with van der Waals surface area (Å²) in [6, 6.07) is 16.6. The Kier molecular flexibility index (Phi) is 6.26. The lowest BCUT2D eigenvalue weighted by atomic mass is 10.1. The monoisotopic (exact) mass is 388 g/mol. The smallest absolute Gasteiger partial charge is 0.240 e. The van der Waals surface area contributed by atoms with Crippen LogP contribution in [-0.2, 0) is 26.0 Å². The summed E-state index contributed by atoms with van der Waals surface area (Å²) in [7, 11) is -2.05. The third kappa shape index (κ3) is 4.94. The highest BCUT2D eigenvalue weighted by molar-refractivity contribution is 7.89. The summed E-state index contributed by atoms with van der Waals surface area (Å²) in [4.78, 5) is 14.7. The number of rotatable bonds is 6. The predicted octanol–water partition coefficient (Wildman–Crippen LogP) is 2.13. The van der Waals surface area contributed by atoms with Crippen molar-refractivity contribution in [2.45, 2.75) is 23.8 Å². The number of benzene rings is 2. The van der Waals surface area contributed by atoms with Crippen LogP contribution in [0.15, 0.2) is 59.5 Å². The lowest BCUT2D eigenvalue weighted by molar-refractivity contribution is -0.139. The first-order valence-corrected chi connectivity index (χ1v) is 10.4. The molecule has 7 heteroatoms. The van der Waals surface area contributed by atoms with E-state index in [-0.39, 0.29) is 16.9 Å². The number of morpholine rings is 1. The zero-order valence-electron chi connectivity index (χ0n) is 15.3. The van der Waals surface area contributed by atoms with E-state index in [0.29, 0.717) is 32.5 Å². The molecule has 27 heavy (non-hydrogen) atoms. The number of hydrogen-bond acceptors (Lipinski definition) is 4. The molecule has 2 aromatic rings. The van der Waals surface area contributed by atoms with E-state index in [9.17, 15) is 13.2 Å². The minimum Gasteiger partial charge on any atom is -0.370 e. The fourth-order valence-corrected chi connectivity index (χ4v) is 3.84. The van der Waals surface area contributed by atoms with Crippen LogP contribution in [0.4, 0.5) is 0 Å². The summed E-state index contributed by atoms with van der Waals surface area (Å²) in [6.45, 7) is 1.69. The van der Waals surface area contributed by atoms with Gasteiger partial charge in [-0.15, -0.1) is 0 Å². The molecule has 1 amide bonds. The number of aryl methyl sites for hydroxylation is 1. The maximum atomic E-state index is 12.6. The van der Waals surface area contributed by atoms with Gasteiger partial charge in [0.1, 0.15) is 6.10 Å². The third-order valence-electron chi connectivity index (χ3n) is 4.72.